The topological polar surface area (TPSA) is 59.1 Å². The molecule has 1 unspecified atom stereocenters. The van der Waals surface area contributed by atoms with Crippen LogP contribution in [0.2, 0.25) is 0 Å². The molecular weight excluding hydrogens is 284 g/mol. The van der Waals surface area contributed by atoms with E-state index >= 15 is 0 Å². The van der Waals surface area contributed by atoms with Crippen molar-refractivity contribution < 1.29 is 19.1 Å². The van der Waals surface area contributed by atoms with Gasteiger partial charge in [0.1, 0.15) is 5.75 Å². The second-order valence-electron chi connectivity index (χ2n) is 6.30. The molecule has 0 N–H and O–H groups in total. The average Bonchev–Trinajstić information content (AvgIpc) is 3.18. The molecule has 2 saturated heterocycles. The monoisotopic (exact) mass is 302 g/mol. The van der Waals surface area contributed by atoms with Crippen molar-refractivity contribution in [2.45, 2.75) is 18.4 Å². The molecule has 0 radical (unpaired) electrons. The van der Waals surface area contributed by atoms with Crippen molar-refractivity contribution in [3.05, 3.63) is 29.3 Å². The number of rotatable bonds is 1. The summed E-state index contributed by atoms with van der Waals surface area (Å²) >= 11 is 0. The highest BCUT2D eigenvalue weighted by molar-refractivity contribution is 5.95. The van der Waals surface area contributed by atoms with Crippen LogP contribution in [0.15, 0.2) is 18.2 Å². The summed E-state index contributed by atoms with van der Waals surface area (Å²) in [6.45, 7) is 2.32. The lowest BCUT2D eigenvalue weighted by molar-refractivity contribution is 0.0553. The fourth-order valence-electron chi connectivity index (χ4n) is 3.52. The Morgan fingerprint density at radius 2 is 2.18 bits per heavy atom. The highest BCUT2D eigenvalue weighted by atomic mass is 16.6. The first-order chi connectivity index (χ1) is 10.6. The molecule has 1 aromatic carbocycles. The summed E-state index contributed by atoms with van der Waals surface area (Å²) < 4.78 is 11.0. The number of ether oxygens (including phenoxy) is 2. The van der Waals surface area contributed by atoms with Gasteiger partial charge in [-0.1, -0.05) is 0 Å². The van der Waals surface area contributed by atoms with E-state index in [1.807, 2.05) is 18.2 Å². The number of carbonyl (C=O) groups excluding carboxylic acids is 2. The summed E-state index contributed by atoms with van der Waals surface area (Å²) in [5, 5.41) is 0. The Labute approximate surface area is 128 Å². The van der Waals surface area contributed by atoms with Crippen LogP contribution in [0.4, 0.5) is 4.79 Å². The van der Waals surface area contributed by atoms with Crippen molar-refractivity contribution >= 4 is 12.0 Å². The van der Waals surface area contributed by atoms with Crippen LogP contribution in [0.25, 0.3) is 0 Å². The van der Waals surface area contributed by atoms with Gasteiger partial charge in [0.2, 0.25) is 0 Å². The fourth-order valence-corrected chi connectivity index (χ4v) is 3.52. The number of benzene rings is 1. The van der Waals surface area contributed by atoms with Crippen molar-refractivity contribution in [1.82, 2.24) is 9.80 Å². The Hall–Kier alpha value is -2.24. The first kappa shape index (κ1) is 13.4. The number of hydrogen-bond acceptors (Lipinski definition) is 4. The van der Waals surface area contributed by atoms with Gasteiger partial charge in [-0.3, -0.25) is 4.79 Å². The van der Waals surface area contributed by atoms with Crippen molar-refractivity contribution in [2.75, 3.05) is 33.3 Å². The third kappa shape index (κ3) is 2.01. The molecule has 116 valence electrons. The number of hydrogen-bond donors (Lipinski definition) is 0. The molecule has 6 heteroatoms. The zero-order valence-electron chi connectivity index (χ0n) is 12.5. The van der Waals surface area contributed by atoms with E-state index in [0.29, 0.717) is 38.2 Å². The standard InChI is InChI=1S/C16H18N2O4/c1-17-9-16(22-15(17)20)5-6-18(10-16)14(19)12-2-3-13-11(8-12)4-7-21-13/h2-3,8H,4-7,9-10H2,1H3. The van der Waals surface area contributed by atoms with Gasteiger partial charge in [0.25, 0.3) is 5.91 Å². The fraction of sp³-hybridized carbons (Fsp3) is 0.500. The first-order valence-electron chi connectivity index (χ1n) is 7.55. The maximum atomic E-state index is 12.7. The van der Waals surface area contributed by atoms with Gasteiger partial charge in [-0.25, -0.2) is 4.79 Å². The van der Waals surface area contributed by atoms with Crippen molar-refractivity contribution in [2.24, 2.45) is 0 Å². The number of nitrogens with zero attached hydrogens (tertiary/aromatic N) is 2. The molecule has 0 aliphatic carbocycles. The largest absolute Gasteiger partial charge is 0.493 e. The van der Waals surface area contributed by atoms with Gasteiger partial charge in [0.05, 0.1) is 19.7 Å². The Morgan fingerprint density at radius 1 is 1.32 bits per heavy atom. The zero-order valence-corrected chi connectivity index (χ0v) is 12.5. The highest BCUT2D eigenvalue weighted by Gasteiger charge is 2.49. The van der Waals surface area contributed by atoms with Crippen molar-refractivity contribution in [1.29, 1.82) is 0 Å². The number of amides is 2. The molecule has 1 atom stereocenters. The predicted molar refractivity (Wildman–Crippen MR) is 78.0 cm³/mol. The minimum atomic E-state index is -0.526. The van der Waals surface area contributed by atoms with Gasteiger partial charge in [0.15, 0.2) is 5.60 Å². The Balaban J connectivity index is 1.51. The van der Waals surface area contributed by atoms with E-state index in [1.165, 1.54) is 0 Å². The molecule has 2 fully saturated rings. The van der Waals surface area contributed by atoms with Gasteiger partial charge in [0, 0.05) is 32.0 Å². The molecular formula is C16H18N2O4. The van der Waals surface area contributed by atoms with Crippen LogP contribution < -0.4 is 4.74 Å². The van der Waals surface area contributed by atoms with Gasteiger partial charge in [-0.15, -0.1) is 0 Å². The van der Waals surface area contributed by atoms with E-state index in [4.69, 9.17) is 9.47 Å². The number of fused-ring (bicyclic) bond motifs is 1. The minimum absolute atomic E-state index is 0.00261. The molecule has 2 amide bonds. The lowest BCUT2D eigenvalue weighted by Crippen LogP contribution is -2.39. The molecule has 0 aromatic heterocycles. The predicted octanol–water partition coefficient (Wildman–Crippen LogP) is 1.29. The van der Waals surface area contributed by atoms with Crippen LogP contribution in [0.1, 0.15) is 22.3 Å². The molecule has 0 saturated carbocycles. The van der Waals surface area contributed by atoms with E-state index in [1.54, 1.807) is 16.8 Å². The molecule has 22 heavy (non-hydrogen) atoms. The zero-order chi connectivity index (χ0) is 15.3. The van der Waals surface area contributed by atoms with Crippen LogP contribution in [-0.4, -0.2) is 60.7 Å². The van der Waals surface area contributed by atoms with E-state index < -0.39 is 5.60 Å². The summed E-state index contributed by atoms with van der Waals surface area (Å²) in [6.07, 6.45) is 1.25. The van der Waals surface area contributed by atoms with E-state index in [9.17, 15) is 9.59 Å². The molecule has 6 nitrogen and oxygen atoms in total. The Kier molecular flexibility index (Phi) is 2.82. The van der Waals surface area contributed by atoms with E-state index in [2.05, 4.69) is 0 Å². The molecule has 1 spiro atoms. The van der Waals surface area contributed by atoms with Crippen molar-refractivity contribution in [3.8, 4) is 5.75 Å². The Morgan fingerprint density at radius 3 is 2.95 bits per heavy atom. The summed E-state index contributed by atoms with van der Waals surface area (Å²) in [5.41, 5.74) is 1.24. The third-order valence-corrected chi connectivity index (χ3v) is 4.68. The van der Waals surface area contributed by atoms with Gasteiger partial charge in [-0.05, 0) is 23.8 Å². The third-order valence-electron chi connectivity index (χ3n) is 4.68. The van der Waals surface area contributed by atoms with Crippen LogP contribution >= 0.6 is 0 Å². The van der Waals surface area contributed by atoms with Crippen molar-refractivity contribution in [3.63, 3.8) is 0 Å². The quantitative estimate of drug-likeness (QED) is 0.784. The number of likely N-dealkylation sites (tertiary alicyclic amines) is 1. The van der Waals surface area contributed by atoms with Gasteiger partial charge in [-0.2, -0.15) is 0 Å². The summed E-state index contributed by atoms with van der Waals surface area (Å²) in [6, 6.07) is 5.59. The highest BCUT2D eigenvalue weighted by Crippen LogP contribution is 2.33. The summed E-state index contributed by atoms with van der Waals surface area (Å²) in [7, 11) is 1.72. The Bertz CT molecular complexity index is 660. The van der Waals surface area contributed by atoms with Crippen LogP contribution in [-0.2, 0) is 11.2 Å². The smallest absolute Gasteiger partial charge is 0.410 e. The van der Waals surface area contributed by atoms with E-state index in [0.717, 1.165) is 17.7 Å². The van der Waals surface area contributed by atoms with Gasteiger partial charge >= 0.3 is 6.09 Å². The lowest BCUT2D eigenvalue weighted by Gasteiger charge is -2.22. The molecule has 1 aromatic rings. The average molecular weight is 302 g/mol. The second-order valence-corrected chi connectivity index (χ2v) is 6.30. The molecule has 3 aliphatic heterocycles. The molecule has 4 rings (SSSR count). The van der Waals surface area contributed by atoms with Gasteiger partial charge < -0.3 is 19.3 Å². The van der Waals surface area contributed by atoms with Crippen LogP contribution in [0.3, 0.4) is 0 Å². The summed E-state index contributed by atoms with van der Waals surface area (Å²) in [5.74, 6) is 0.873. The minimum Gasteiger partial charge on any atom is -0.493 e. The van der Waals surface area contributed by atoms with E-state index in [-0.39, 0.29) is 12.0 Å². The molecule has 3 heterocycles. The maximum absolute atomic E-state index is 12.7. The molecule has 3 aliphatic rings. The number of likely N-dealkylation sites (N-methyl/N-ethyl adjacent to an activating group) is 1. The SMILES string of the molecule is CN1CC2(CCN(C(=O)c3ccc4c(c3)CCO4)C2)OC1=O. The second kappa shape index (κ2) is 4.63. The van der Waals surface area contributed by atoms with Crippen LogP contribution in [0.5, 0.6) is 5.75 Å². The number of carbonyl (C=O) groups is 2. The maximum Gasteiger partial charge on any atom is 0.410 e. The lowest BCUT2D eigenvalue weighted by atomic mass is 10.0. The normalized spacial score (nSPS) is 26.3. The van der Waals surface area contributed by atoms with Crippen LogP contribution in [0, 0.1) is 0 Å². The summed E-state index contributed by atoms with van der Waals surface area (Å²) in [4.78, 5) is 27.6. The first-order valence-corrected chi connectivity index (χ1v) is 7.55. The molecule has 0 bridgehead atoms.